The van der Waals surface area contributed by atoms with E-state index in [2.05, 4.69) is 120 Å². The second-order valence-corrected chi connectivity index (χ2v) is 10.8. The van der Waals surface area contributed by atoms with E-state index in [1.54, 1.807) is 0 Å². The first-order chi connectivity index (χ1) is 13.2. The van der Waals surface area contributed by atoms with Gasteiger partial charge in [0.15, 0.2) is 0 Å². The Morgan fingerprint density at radius 2 is 0.821 bits per heavy atom. The largest absolute Gasteiger partial charge is 0.366 e. The van der Waals surface area contributed by atoms with Gasteiger partial charge in [-0.15, -0.1) is 0 Å². The maximum atomic E-state index is 2.56. The van der Waals surface area contributed by atoms with Crippen LogP contribution in [0.5, 0.6) is 0 Å². The van der Waals surface area contributed by atoms with Crippen molar-refractivity contribution < 1.29 is 0 Å². The van der Waals surface area contributed by atoms with Crippen LogP contribution in [0.15, 0.2) is 48.5 Å². The molecular formula is C25H39N2P. The Bertz CT molecular complexity index is 672. The molecule has 0 saturated heterocycles. The van der Waals surface area contributed by atoms with Crippen molar-refractivity contribution in [3.05, 3.63) is 48.5 Å². The van der Waals surface area contributed by atoms with Crippen LogP contribution in [0.25, 0.3) is 0 Å². The quantitative estimate of drug-likeness (QED) is 0.504. The van der Waals surface area contributed by atoms with E-state index in [0.29, 0.717) is 24.2 Å². The van der Waals surface area contributed by atoms with Gasteiger partial charge < -0.3 is 9.80 Å². The smallest absolute Gasteiger partial charge is 0.0452 e. The Morgan fingerprint density at radius 1 is 0.536 bits per heavy atom. The molecule has 0 aliphatic heterocycles. The van der Waals surface area contributed by atoms with Gasteiger partial charge in [0, 0.05) is 46.2 Å². The van der Waals surface area contributed by atoms with Gasteiger partial charge in [0.05, 0.1) is 0 Å². The molecule has 2 aromatic rings. The Labute approximate surface area is 174 Å². The first-order valence-corrected chi connectivity index (χ1v) is 12.4. The van der Waals surface area contributed by atoms with Crippen LogP contribution in [0.3, 0.4) is 0 Å². The molecule has 0 bridgehead atoms. The lowest BCUT2D eigenvalue weighted by molar-refractivity contribution is 0.609. The predicted octanol–water partition coefficient (Wildman–Crippen LogP) is 6.00. The van der Waals surface area contributed by atoms with Crippen molar-refractivity contribution >= 4 is 29.9 Å². The molecule has 0 N–H and O–H groups in total. The van der Waals surface area contributed by atoms with Crippen LogP contribution in [0, 0.1) is 0 Å². The molecule has 0 spiro atoms. The number of nitrogens with zero attached hydrogens (tertiary/aromatic N) is 2. The van der Waals surface area contributed by atoms with Gasteiger partial charge in [0.2, 0.25) is 0 Å². The van der Waals surface area contributed by atoms with Crippen molar-refractivity contribution in [2.45, 2.75) is 79.6 Å². The van der Waals surface area contributed by atoms with Crippen LogP contribution in [0.4, 0.5) is 11.4 Å². The summed E-state index contributed by atoms with van der Waals surface area (Å²) in [6.07, 6.45) is 0. The third-order valence-corrected chi connectivity index (χ3v) is 7.47. The Kier molecular flexibility index (Phi) is 7.96. The highest BCUT2D eigenvalue weighted by atomic mass is 31.1. The fourth-order valence-corrected chi connectivity index (χ4v) is 6.31. The number of hydrogen-bond donors (Lipinski definition) is 0. The summed E-state index contributed by atoms with van der Waals surface area (Å²) in [5.41, 5.74) is 2.77. The van der Waals surface area contributed by atoms with Crippen molar-refractivity contribution in [3.63, 3.8) is 0 Å². The van der Waals surface area contributed by atoms with Gasteiger partial charge in [-0.25, -0.2) is 0 Å². The molecule has 28 heavy (non-hydrogen) atoms. The topological polar surface area (TPSA) is 6.48 Å². The van der Waals surface area contributed by atoms with E-state index in [0.717, 1.165) is 0 Å². The molecule has 154 valence electrons. The average molecular weight is 399 g/mol. The van der Waals surface area contributed by atoms with Crippen molar-refractivity contribution in [2.24, 2.45) is 0 Å². The average Bonchev–Trinajstić information content (AvgIpc) is 2.61. The van der Waals surface area contributed by atoms with Gasteiger partial charge in [0.25, 0.3) is 0 Å². The lowest BCUT2D eigenvalue weighted by atomic mass is 10.2. The van der Waals surface area contributed by atoms with Crippen LogP contribution in [0.2, 0.25) is 0 Å². The van der Waals surface area contributed by atoms with E-state index in [1.165, 1.54) is 22.0 Å². The Morgan fingerprint density at radius 3 is 1.11 bits per heavy atom. The maximum Gasteiger partial charge on any atom is 0.0452 e. The molecule has 0 fully saturated rings. The van der Waals surface area contributed by atoms with Crippen LogP contribution < -0.4 is 20.4 Å². The van der Waals surface area contributed by atoms with Gasteiger partial charge in [-0.05, 0) is 82.1 Å². The SMILES string of the molecule is CC(C)N(c1ccccc1P(C)c1ccccc1N(C(C)C)C(C)C)C(C)C. The van der Waals surface area contributed by atoms with Gasteiger partial charge >= 0.3 is 0 Å². The lowest BCUT2D eigenvalue weighted by Crippen LogP contribution is -2.41. The highest BCUT2D eigenvalue weighted by molar-refractivity contribution is 7.72. The van der Waals surface area contributed by atoms with E-state index in [4.69, 9.17) is 0 Å². The number of anilines is 2. The molecule has 0 amide bonds. The molecule has 3 heteroatoms. The monoisotopic (exact) mass is 398 g/mol. The van der Waals surface area contributed by atoms with E-state index >= 15 is 0 Å². The summed E-state index contributed by atoms with van der Waals surface area (Å²) in [6.45, 7) is 20.8. The summed E-state index contributed by atoms with van der Waals surface area (Å²) in [5, 5.41) is 2.94. The fourth-order valence-electron chi connectivity index (χ4n) is 4.37. The number of benzene rings is 2. The molecule has 2 nitrogen and oxygen atoms in total. The molecule has 0 aromatic heterocycles. The highest BCUT2D eigenvalue weighted by Gasteiger charge is 2.24. The predicted molar refractivity (Wildman–Crippen MR) is 130 cm³/mol. The van der Waals surface area contributed by atoms with Crippen LogP contribution in [-0.2, 0) is 0 Å². The van der Waals surface area contributed by atoms with E-state index < -0.39 is 7.92 Å². The third-order valence-electron chi connectivity index (χ3n) is 5.27. The zero-order chi connectivity index (χ0) is 21.0. The number of hydrogen-bond acceptors (Lipinski definition) is 2. The third kappa shape index (κ3) is 4.90. The van der Waals surface area contributed by atoms with Crippen LogP contribution in [0.1, 0.15) is 55.4 Å². The van der Waals surface area contributed by atoms with Gasteiger partial charge in [0.1, 0.15) is 0 Å². The minimum atomic E-state index is -0.460. The standard InChI is InChI=1S/C25H39N2P/c1-18(2)26(19(3)4)22-14-10-12-16-24(22)28(9)25-17-13-11-15-23(25)27(20(5)6)21(7)8/h10-21H,1-9H3. The molecule has 0 unspecified atom stereocenters. The molecule has 0 heterocycles. The van der Waals surface area contributed by atoms with E-state index in [9.17, 15) is 0 Å². The zero-order valence-corrected chi connectivity index (χ0v) is 20.2. The summed E-state index contributed by atoms with van der Waals surface area (Å²) in [5.74, 6) is 0. The van der Waals surface area contributed by atoms with Crippen molar-refractivity contribution in [1.29, 1.82) is 0 Å². The minimum absolute atomic E-state index is 0.460. The Hall–Kier alpha value is -1.53. The maximum absolute atomic E-state index is 2.56. The summed E-state index contributed by atoms with van der Waals surface area (Å²) in [6, 6.07) is 19.9. The lowest BCUT2D eigenvalue weighted by Gasteiger charge is -2.38. The normalized spacial score (nSPS) is 11.9. The number of rotatable bonds is 8. The second-order valence-electron chi connectivity index (χ2n) is 8.73. The summed E-state index contributed by atoms with van der Waals surface area (Å²) in [7, 11) is -0.460. The molecule has 0 aliphatic rings. The Balaban J connectivity index is 2.59. The molecule has 0 saturated carbocycles. The van der Waals surface area contributed by atoms with Crippen molar-refractivity contribution in [1.82, 2.24) is 0 Å². The molecule has 0 radical (unpaired) electrons. The van der Waals surface area contributed by atoms with Crippen molar-refractivity contribution in [3.8, 4) is 0 Å². The van der Waals surface area contributed by atoms with Gasteiger partial charge in [-0.3, -0.25) is 0 Å². The first kappa shape index (κ1) is 22.8. The fraction of sp³-hybridized carbons (Fsp3) is 0.520. The zero-order valence-electron chi connectivity index (χ0n) is 19.3. The van der Waals surface area contributed by atoms with Crippen molar-refractivity contribution in [2.75, 3.05) is 16.5 Å². The molecular weight excluding hydrogens is 359 g/mol. The first-order valence-electron chi connectivity index (χ1n) is 10.6. The summed E-state index contributed by atoms with van der Waals surface area (Å²) >= 11 is 0. The highest BCUT2D eigenvalue weighted by Crippen LogP contribution is 2.38. The van der Waals surface area contributed by atoms with Gasteiger partial charge in [-0.2, -0.15) is 0 Å². The second kappa shape index (κ2) is 9.79. The van der Waals surface area contributed by atoms with E-state index in [1.807, 2.05) is 0 Å². The molecule has 2 rings (SSSR count). The molecule has 0 atom stereocenters. The summed E-state index contributed by atoms with van der Waals surface area (Å²) < 4.78 is 0. The number of para-hydroxylation sites is 2. The van der Waals surface area contributed by atoms with Crippen LogP contribution in [-0.4, -0.2) is 30.8 Å². The van der Waals surface area contributed by atoms with Gasteiger partial charge in [-0.1, -0.05) is 36.4 Å². The van der Waals surface area contributed by atoms with E-state index in [-0.39, 0.29) is 0 Å². The summed E-state index contributed by atoms with van der Waals surface area (Å²) in [4.78, 5) is 5.11. The molecule has 0 aliphatic carbocycles. The minimum Gasteiger partial charge on any atom is -0.366 e. The van der Waals surface area contributed by atoms with Crippen LogP contribution >= 0.6 is 7.92 Å². The molecule has 2 aromatic carbocycles.